The predicted molar refractivity (Wildman–Crippen MR) is 102 cm³/mol. The van der Waals surface area contributed by atoms with E-state index in [1.807, 2.05) is 6.92 Å². The number of hydrogen-bond donors (Lipinski definition) is 2. The van der Waals surface area contributed by atoms with E-state index in [4.69, 9.17) is 4.74 Å². The third kappa shape index (κ3) is 4.19. The van der Waals surface area contributed by atoms with Crippen LogP contribution in [-0.4, -0.2) is 73.5 Å². The lowest BCUT2D eigenvalue weighted by molar-refractivity contribution is -0.159. The number of nitrogens with one attached hydrogen (secondary N) is 1. The molecule has 2 fully saturated rings. The van der Waals surface area contributed by atoms with Gasteiger partial charge < -0.3 is 20.1 Å². The first-order chi connectivity index (χ1) is 12.3. The zero-order valence-electron chi connectivity index (χ0n) is 16.1. The predicted octanol–water partition coefficient (Wildman–Crippen LogP) is 1.16. The highest BCUT2D eigenvalue weighted by Gasteiger charge is 2.42. The number of aliphatic hydroxyl groups is 1. The molecule has 26 heavy (non-hydrogen) atoms. The minimum atomic E-state index is -0.841. The van der Waals surface area contributed by atoms with Crippen molar-refractivity contribution < 1.29 is 14.6 Å². The van der Waals surface area contributed by atoms with Gasteiger partial charge in [-0.1, -0.05) is 17.7 Å². The lowest BCUT2D eigenvalue weighted by Gasteiger charge is -2.45. The van der Waals surface area contributed by atoms with E-state index in [0.717, 1.165) is 32.5 Å². The molecular formula is C20H31N3O3. The molecule has 2 heterocycles. The van der Waals surface area contributed by atoms with Gasteiger partial charge in [0.05, 0.1) is 12.2 Å². The molecule has 0 spiro atoms. The third-order valence-corrected chi connectivity index (χ3v) is 5.67. The molecule has 2 N–H and O–H groups in total. The van der Waals surface area contributed by atoms with Gasteiger partial charge in [-0.2, -0.15) is 0 Å². The Kier molecular flexibility index (Phi) is 5.55. The van der Waals surface area contributed by atoms with E-state index in [-0.39, 0.29) is 5.91 Å². The quantitative estimate of drug-likeness (QED) is 0.843. The van der Waals surface area contributed by atoms with Crippen LogP contribution in [0.2, 0.25) is 0 Å². The van der Waals surface area contributed by atoms with Crippen molar-refractivity contribution in [1.82, 2.24) is 10.2 Å². The number of benzene rings is 1. The molecular weight excluding hydrogens is 330 g/mol. The van der Waals surface area contributed by atoms with E-state index in [1.165, 1.54) is 11.3 Å². The minimum Gasteiger partial charge on any atom is -0.388 e. The van der Waals surface area contributed by atoms with Crippen LogP contribution in [-0.2, 0) is 9.53 Å². The normalized spacial score (nSPS) is 26.5. The number of anilines is 1. The largest absolute Gasteiger partial charge is 0.388 e. The Hall–Kier alpha value is -1.63. The molecule has 0 unspecified atom stereocenters. The number of likely N-dealkylation sites (N-methyl/N-ethyl adjacent to an activating group) is 1. The summed E-state index contributed by atoms with van der Waals surface area (Å²) in [6, 6.07) is 8.56. The summed E-state index contributed by atoms with van der Waals surface area (Å²) in [5, 5.41) is 13.8. The van der Waals surface area contributed by atoms with E-state index < -0.39 is 11.2 Å². The van der Waals surface area contributed by atoms with E-state index in [9.17, 15) is 9.90 Å². The summed E-state index contributed by atoms with van der Waals surface area (Å²) in [7, 11) is 1.63. The SMILES string of the molecule is CNC(=O)[C@@]1(C)CN(CC2(O)CCN(c3ccc(C)cc3)CC2)CCO1. The summed E-state index contributed by atoms with van der Waals surface area (Å²) in [4.78, 5) is 16.6. The summed E-state index contributed by atoms with van der Waals surface area (Å²) in [6.45, 7) is 7.95. The van der Waals surface area contributed by atoms with Crippen molar-refractivity contribution in [2.45, 2.75) is 37.9 Å². The number of aryl methyl sites for hydroxylation is 1. The molecule has 0 saturated carbocycles. The monoisotopic (exact) mass is 361 g/mol. The van der Waals surface area contributed by atoms with Crippen LogP contribution >= 0.6 is 0 Å². The fraction of sp³-hybridized carbons (Fsp3) is 0.650. The van der Waals surface area contributed by atoms with Gasteiger partial charge >= 0.3 is 0 Å². The van der Waals surface area contributed by atoms with Crippen LogP contribution in [0.1, 0.15) is 25.3 Å². The molecule has 3 rings (SSSR count). The molecule has 1 atom stereocenters. The van der Waals surface area contributed by atoms with Gasteiger partial charge in [-0.15, -0.1) is 0 Å². The summed E-state index contributed by atoms with van der Waals surface area (Å²) in [5.41, 5.74) is 0.929. The first kappa shape index (κ1) is 19.1. The van der Waals surface area contributed by atoms with Gasteiger partial charge in [0, 0.05) is 45.5 Å². The Morgan fingerprint density at radius 2 is 1.88 bits per heavy atom. The second-order valence-corrected chi connectivity index (χ2v) is 7.92. The molecule has 2 aliphatic heterocycles. The molecule has 0 aliphatic carbocycles. The number of amides is 1. The molecule has 0 bridgehead atoms. The van der Waals surface area contributed by atoms with Gasteiger partial charge in [0.15, 0.2) is 5.60 Å². The van der Waals surface area contributed by atoms with Gasteiger partial charge in [-0.3, -0.25) is 9.69 Å². The zero-order valence-corrected chi connectivity index (χ0v) is 16.1. The molecule has 1 aromatic carbocycles. The highest BCUT2D eigenvalue weighted by atomic mass is 16.5. The van der Waals surface area contributed by atoms with Gasteiger partial charge in [0.1, 0.15) is 0 Å². The third-order valence-electron chi connectivity index (χ3n) is 5.67. The molecule has 1 aromatic rings. The number of β-amino-alcohol motifs (C(OH)–C–C–N with tert-alkyl or cyclic N) is 1. The highest BCUT2D eigenvalue weighted by Crippen LogP contribution is 2.29. The van der Waals surface area contributed by atoms with Crippen LogP contribution in [0.5, 0.6) is 0 Å². The van der Waals surface area contributed by atoms with Crippen molar-refractivity contribution in [2.24, 2.45) is 0 Å². The van der Waals surface area contributed by atoms with E-state index in [2.05, 4.69) is 46.3 Å². The number of carbonyl (C=O) groups excluding carboxylic acids is 1. The Morgan fingerprint density at radius 3 is 2.50 bits per heavy atom. The number of ether oxygens (including phenoxy) is 1. The van der Waals surface area contributed by atoms with Crippen molar-refractivity contribution in [3.05, 3.63) is 29.8 Å². The lowest BCUT2D eigenvalue weighted by Crippen LogP contribution is -2.61. The molecule has 0 radical (unpaired) electrons. The maximum atomic E-state index is 12.1. The van der Waals surface area contributed by atoms with Crippen LogP contribution in [0.4, 0.5) is 5.69 Å². The molecule has 2 aliphatic rings. The average Bonchev–Trinajstić information content (AvgIpc) is 2.62. The summed E-state index contributed by atoms with van der Waals surface area (Å²) in [6.07, 6.45) is 1.46. The van der Waals surface area contributed by atoms with Crippen molar-refractivity contribution >= 4 is 11.6 Å². The Balaban J connectivity index is 1.57. The van der Waals surface area contributed by atoms with Crippen molar-refractivity contribution in [2.75, 3.05) is 51.3 Å². The summed E-state index contributed by atoms with van der Waals surface area (Å²) in [5.74, 6) is -0.108. The van der Waals surface area contributed by atoms with Crippen LogP contribution in [0, 0.1) is 6.92 Å². The van der Waals surface area contributed by atoms with Crippen LogP contribution in [0.25, 0.3) is 0 Å². The van der Waals surface area contributed by atoms with Crippen molar-refractivity contribution in [3.8, 4) is 0 Å². The molecule has 6 nitrogen and oxygen atoms in total. The van der Waals surface area contributed by atoms with Crippen molar-refractivity contribution in [3.63, 3.8) is 0 Å². The number of nitrogens with zero attached hydrogens (tertiary/aromatic N) is 2. The van der Waals surface area contributed by atoms with Crippen LogP contribution in [0.3, 0.4) is 0 Å². The zero-order chi connectivity index (χ0) is 18.8. The average molecular weight is 361 g/mol. The minimum absolute atomic E-state index is 0.108. The van der Waals surface area contributed by atoms with Crippen molar-refractivity contribution in [1.29, 1.82) is 0 Å². The smallest absolute Gasteiger partial charge is 0.253 e. The number of carbonyl (C=O) groups is 1. The number of hydrogen-bond acceptors (Lipinski definition) is 5. The summed E-state index contributed by atoms with van der Waals surface area (Å²) >= 11 is 0. The Labute approximate surface area is 156 Å². The Morgan fingerprint density at radius 1 is 1.23 bits per heavy atom. The molecule has 6 heteroatoms. The first-order valence-electron chi connectivity index (χ1n) is 9.46. The van der Waals surface area contributed by atoms with Crippen LogP contribution in [0.15, 0.2) is 24.3 Å². The van der Waals surface area contributed by atoms with E-state index in [0.29, 0.717) is 19.7 Å². The van der Waals surface area contributed by atoms with E-state index >= 15 is 0 Å². The van der Waals surface area contributed by atoms with Gasteiger partial charge in [-0.25, -0.2) is 0 Å². The van der Waals surface area contributed by atoms with E-state index in [1.54, 1.807) is 7.05 Å². The molecule has 0 aromatic heterocycles. The maximum Gasteiger partial charge on any atom is 0.253 e. The molecule has 1 amide bonds. The fourth-order valence-electron chi connectivity index (χ4n) is 4.00. The summed E-state index contributed by atoms with van der Waals surface area (Å²) < 4.78 is 5.71. The molecule has 2 saturated heterocycles. The lowest BCUT2D eigenvalue weighted by atomic mass is 9.89. The number of morpholine rings is 1. The number of rotatable bonds is 4. The maximum absolute atomic E-state index is 12.1. The van der Waals surface area contributed by atoms with Gasteiger partial charge in [-0.05, 0) is 38.8 Å². The van der Waals surface area contributed by atoms with Crippen LogP contribution < -0.4 is 10.2 Å². The Bertz CT molecular complexity index is 626. The highest BCUT2D eigenvalue weighted by molar-refractivity contribution is 5.84. The second kappa shape index (κ2) is 7.55. The first-order valence-corrected chi connectivity index (χ1v) is 9.46. The van der Waals surface area contributed by atoms with Gasteiger partial charge in [0.2, 0.25) is 0 Å². The second-order valence-electron chi connectivity index (χ2n) is 7.92. The number of piperidine rings is 1. The fourth-order valence-corrected chi connectivity index (χ4v) is 4.00. The standard InChI is InChI=1S/C20H31N3O3/c1-16-4-6-17(7-5-16)23-10-8-20(25,9-11-23)15-22-12-13-26-19(2,14-22)18(24)21-3/h4-7,25H,8-15H2,1-3H3,(H,21,24)/t19-/m1/s1. The topological polar surface area (TPSA) is 65.0 Å². The molecule has 144 valence electrons. The van der Waals surface area contributed by atoms with Gasteiger partial charge in [0.25, 0.3) is 5.91 Å².